The van der Waals surface area contributed by atoms with Crippen LogP contribution in [-0.2, 0) is 4.79 Å². The summed E-state index contributed by atoms with van der Waals surface area (Å²) in [7, 11) is 0. The quantitative estimate of drug-likeness (QED) is 0.898. The van der Waals surface area contributed by atoms with Gasteiger partial charge in [0, 0.05) is 18.3 Å². The first-order valence-corrected chi connectivity index (χ1v) is 5.82. The number of halogens is 4. The number of rotatable bonds is 4. The molecule has 1 amide bonds. The van der Waals surface area contributed by atoms with Crippen molar-refractivity contribution < 1.29 is 22.7 Å². The molecule has 1 unspecified atom stereocenters. The predicted molar refractivity (Wildman–Crippen MR) is 69.9 cm³/mol. The lowest BCUT2D eigenvalue weighted by molar-refractivity contribution is -0.119. The maximum Gasteiger partial charge on any atom is 0.387 e. The second-order valence-electron chi connectivity index (χ2n) is 4.20. The lowest BCUT2D eigenvalue weighted by Crippen LogP contribution is -2.24. The van der Waals surface area contributed by atoms with Crippen LogP contribution in [0.4, 0.5) is 18.9 Å². The van der Waals surface area contributed by atoms with Crippen LogP contribution in [0.15, 0.2) is 18.2 Å². The monoisotopic (exact) mass is 310 g/mol. The van der Waals surface area contributed by atoms with Crippen molar-refractivity contribution in [2.45, 2.75) is 13.0 Å². The molecule has 2 rings (SSSR count). The van der Waals surface area contributed by atoms with Crippen LogP contribution in [0, 0.1) is 11.7 Å². The van der Waals surface area contributed by atoms with E-state index in [1.807, 2.05) is 0 Å². The Kier molecular flexibility index (Phi) is 6.09. The highest BCUT2D eigenvalue weighted by Crippen LogP contribution is 2.23. The van der Waals surface area contributed by atoms with E-state index in [4.69, 9.17) is 0 Å². The number of nitrogens with one attached hydrogen (secondary N) is 2. The van der Waals surface area contributed by atoms with E-state index in [9.17, 15) is 18.0 Å². The SMILES string of the molecule is Cl.O=C(Nc1ccc(OC(F)F)c(F)c1)C1CCNC1. The third kappa shape index (κ3) is 4.28. The molecule has 0 spiro atoms. The van der Waals surface area contributed by atoms with Gasteiger partial charge in [-0.25, -0.2) is 4.39 Å². The summed E-state index contributed by atoms with van der Waals surface area (Å²) in [5.74, 6) is -1.86. The number of anilines is 1. The van der Waals surface area contributed by atoms with E-state index in [0.29, 0.717) is 6.54 Å². The molecule has 1 aliphatic heterocycles. The third-order valence-corrected chi connectivity index (χ3v) is 2.85. The molecule has 1 aromatic rings. The first kappa shape index (κ1) is 16.6. The van der Waals surface area contributed by atoms with E-state index in [2.05, 4.69) is 15.4 Å². The number of ether oxygens (including phenoxy) is 1. The minimum absolute atomic E-state index is 0. The molecule has 1 saturated heterocycles. The highest BCUT2D eigenvalue weighted by atomic mass is 35.5. The minimum Gasteiger partial charge on any atom is -0.432 e. The van der Waals surface area contributed by atoms with Gasteiger partial charge in [-0.05, 0) is 25.1 Å². The van der Waals surface area contributed by atoms with E-state index >= 15 is 0 Å². The van der Waals surface area contributed by atoms with Crippen molar-refractivity contribution in [3.05, 3.63) is 24.0 Å². The first-order valence-electron chi connectivity index (χ1n) is 5.82. The van der Waals surface area contributed by atoms with Crippen LogP contribution in [0.5, 0.6) is 5.75 Å². The molecular formula is C12H14ClF3N2O2. The molecule has 0 bridgehead atoms. The Morgan fingerprint density at radius 3 is 2.75 bits per heavy atom. The molecule has 1 aromatic carbocycles. The summed E-state index contributed by atoms with van der Waals surface area (Å²) in [5, 5.41) is 5.59. The number of benzene rings is 1. The van der Waals surface area contributed by atoms with Crippen LogP contribution in [0.1, 0.15) is 6.42 Å². The molecule has 0 aromatic heterocycles. The van der Waals surface area contributed by atoms with E-state index in [1.165, 1.54) is 6.07 Å². The van der Waals surface area contributed by atoms with E-state index in [1.54, 1.807) is 0 Å². The summed E-state index contributed by atoms with van der Waals surface area (Å²) in [5.41, 5.74) is 0.219. The van der Waals surface area contributed by atoms with Crippen molar-refractivity contribution in [1.29, 1.82) is 0 Å². The molecule has 1 heterocycles. The molecule has 4 nitrogen and oxygen atoms in total. The van der Waals surface area contributed by atoms with Crippen molar-refractivity contribution in [2.75, 3.05) is 18.4 Å². The summed E-state index contributed by atoms with van der Waals surface area (Å²) in [6.07, 6.45) is 0.723. The fourth-order valence-electron chi connectivity index (χ4n) is 1.89. The first-order chi connectivity index (χ1) is 9.06. The Bertz CT molecular complexity index is 468. The van der Waals surface area contributed by atoms with Gasteiger partial charge in [-0.1, -0.05) is 0 Å². The van der Waals surface area contributed by atoms with Gasteiger partial charge in [-0.2, -0.15) is 8.78 Å². The van der Waals surface area contributed by atoms with Gasteiger partial charge in [-0.15, -0.1) is 12.4 Å². The largest absolute Gasteiger partial charge is 0.432 e. The zero-order valence-electron chi connectivity index (χ0n) is 10.4. The number of hydrogen-bond donors (Lipinski definition) is 2. The summed E-state index contributed by atoms with van der Waals surface area (Å²) in [4.78, 5) is 11.8. The Balaban J connectivity index is 0.00000200. The molecule has 1 aliphatic rings. The second kappa shape index (κ2) is 7.35. The molecular weight excluding hydrogens is 297 g/mol. The van der Waals surface area contributed by atoms with E-state index < -0.39 is 18.2 Å². The van der Waals surface area contributed by atoms with Crippen LogP contribution < -0.4 is 15.4 Å². The summed E-state index contributed by atoms with van der Waals surface area (Å²) in [6, 6.07) is 3.34. The summed E-state index contributed by atoms with van der Waals surface area (Å²) >= 11 is 0. The van der Waals surface area contributed by atoms with Crippen LogP contribution in [-0.4, -0.2) is 25.6 Å². The number of carbonyl (C=O) groups is 1. The maximum absolute atomic E-state index is 13.4. The van der Waals surface area contributed by atoms with Crippen molar-refractivity contribution in [2.24, 2.45) is 5.92 Å². The fourth-order valence-corrected chi connectivity index (χ4v) is 1.89. The molecule has 1 fully saturated rings. The Morgan fingerprint density at radius 1 is 1.45 bits per heavy atom. The molecule has 2 N–H and O–H groups in total. The molecule has 112 valence electrons. The van der Waals surface area contributed by atoms with Crippen molar-refractivity contribution in [3.63, 3.8) is 0 Å². The molecule has 0 aliphatic carbocycles. The Labute approximate surface area is 120 Å². The van der Waals surface area contributed by atoms with E-state index in [-0.39, 0.29) is 29.9 Å². The van der Waals surface area contributed by atoms with Crippen LogP contribution in [0.2, 0.25) is 0 Å². The molecule has 20 heavy (non-hydrogen) atoms. The van der Waals surface area contributed by atoms with Crippen LogP contribution >= 0.6 is 12.4 Å². The van der Waals surface area contributed by atoms with Crippen molar-refractivity contribution in [3.8, 4) is 5.75 Å². The van der Waals surface area contributed by atoms with Gasteiger partial charge in [-0.3, -0.25) is 4.79 Å². The highest BCUT2D eigenvalue weighted by molar-refractivity contribution is 5.92. The van der Waals surface area contributed by atoms with Crippen molar-refractivity contribution in [1.82, 2.24) is 5.32 Å². The topological polar surface area (TPSA) is 50.4 Å². The van der Waals surface area contributed by atoms with Gasteiger partial charge >= 0.3 is 6.61 Å². The second-order valence-corrected chi connectivity index (χ2v) is 4.20. The average molecular weight is 311 g/mol. The lowest BCUT2D eigenvalue weighted by Gasteiger charge is -2.11. The maximum atomic E-state index is 13.4. The Hall–Kier alpha value is -1.47. The Morgan fingerprint density at radius 2 is 2.20 bits per heavy atom. The standard InChI is InChI=1S/C12H13F3N2O2.ClH/c13-9-5-8(1-2-10(9)19-12(14)15)17-11(18)7-3-4-16-6-7;/h1-2,5,7,12,16H,3-4,6H2,(H,17,18);1H. The lowest BCUT2D eigenvalue weighted by atomic mass is 10.1. The average Bonchev–Trinajstić information content (AvgIpc) is 2.86. The van der Waals surface area contributed by atoms with Crippen LogP contribution in [0.3, 0.4) is 0 Å². The zero-order valence-corrected chi connectivity index (χ0v) is 11.2. The number of hydrogen-bond acceptors (Lipinski definition) is 3. The van der Waals surface area contributed by atoms with Crippen molar-refractivity contribution >= 4 is 24.0 Å². The molecule has 1 atom stereocenters. The van der Waals surface area contributed by atoms with Gasteiger partial charge in [0.25, 0.3) is 0 Å². The predicted octanol–water partition coefficient (Wildman–Crippen LogP) is 2.40. The fraction of sp³-hybridized carbons (Fsp3) is 0.417. The molecule has 8 heteroatoms. The van der Waals surface area contributed by atoms with Gasteiger partial charge in [0.05, 0.1) is 5.92 Å². The number of amides is 1. The highest BCUT2D eigenvalue weighted by Gasteiger charge is 2.22. The van der Waals surface area contributed by atoms with E-state index in [0.717, 1.165) is 25.1 Å². The normalized spacial score (nSPS) is 17.7. The minimum atomic E-state index is -3.08. The van der Waals surface area contributed by atoms with Gasteiger partial charge < -0.3 is 15.4 Å². The smallest absolute Gasteiger partial charge is 0.387 e. The van der Waals surface area contributed by atoms with Gasteiger partial charge in [0.15, 0.2) is 11.6 Å². The molecule has 0 saturated carbocycles. The van der Waals surface area contributed by atoms with Crippen LogP contribution in [0.25, 0.3) is 0 Å². The summed E-state index contributed by atoms with van der Waals surface area (Å²) < 4.78 is 41.3. The van der Waals surface area contributed by atoms with Gasteiger partial charge in [0.1, 0.15) is 0 Å². The summed E-state index contributed by atoms with van der Waals surface area (Å²) in [6.45, 7) is -1.73. The van der Waals surface area contributed by atoms with Gasteiger partial charge in [0.2, 0.25) is 5.91 Å². The zero-order chi connectivity index (χ0) is 13.8. The third-order valence-electron chi connectivity index (χ3n) is 2.85. The molecule has 0 radical (unpaired) electrons. The number of carbonyl (C=O) groups excluding carboxylic acids is 1. The number of alkyl halides is 2.